The molecular weight excluding hydrogens is 476 g/mol. The van der Waals surface area contributed by atoms with Gasteiger partial charge >= 0.3 is 0 Å². The van der Waals surface area contributed by atoms with Crippen molar-refractivity contribution in [2.24, 2.45) is 0 Å². The van der Waals surface area contributed by atoms with Gasteiger partial charge in [-0.3, -0.25) is 4.90 Å². The minimum atomic E-state index is -3.39. The largest absolute Gasteiger partial charge is 0.460 e. The Morgan fingerprint density at radius 2 is 1.73 bits per heavy atom. The molecule has 0 N–H and O–H groups in total. The molecule has 0 aliphatic carbocycles. The smallest absolute Gasteiger partial charge is 0.252 e. The highest BCUT2D eigenvalue weighted by atomic mass is 35.5. The number of aryl methyl sites for hydroxylation is 1. The Bertz CT molecular complexity index is 1320. The van der Waals surface area contributed by atoms with E-state index in [1.165, 1.54) is 28.0 Å². The Morgan fingerprint density at radius 1 is 0.939 bits per heavy atom. The van der Waals surface area contributed by atoms with Gasteiger partial charge in [-0.2, -0.15) is 4.31 Å². The zero-order valence-corrected chi connectivity index (χ0v) is 20.9. The fourth-order valence-corrected chi connectivity index (χ4v) is 6.82. The van der Waals surface area contributed by atoms with Crippen LogP contribution in [0.3, 0.4) is 0 Å². The van der Waals surface area contributed by atoms with Crippen LogP contribution >= 0.6 is 23.7 Å². The SMILES string of the molecule is Cc1ccc(-c2ccc3oc(CN4CCCN(S(=O)(=O)c5cccs5)CC4)cc3c2)cc1.Cl. The Labute approximate surface area is 205 Å². The Morgan fingerprint density at radius 3 is 2.48 bits per heavy atom. The summed E-state index contributed by atoms with van der Waals surface area (Å²) in [5.74, 6) is 0.913. The molecule has 8 heteroatoms. The van der Waals surface area contributed by atoms with E-state index < -0.39 is 10.0 Å². The van der Waals surface area contributed by atoms with Gasteiger partial charge in [0, 0.05) is 25.0 Å². The molecule has 0 saturated carbocycles. The number of hydrogen-bond donors (Lipinski definition) is 0. The van der Waals surface area contributed by atoms with Gasteiger partial charge in [0.15, 0.2) is 0 Å². The lowest BCUT2D eigenvalue weighted by Gasteiger charge is -2.20. The van der Waals surface area contributed by atoms with Gasteiger partial charge in [0.1, 0.15) is 15.6 Å². The van der Waals surface area contributed by atoms with Gasteiger partial charge in [0.25, 0.3) is 10.0 Å². The van der Waals surface area contributed by atoms with Crippen LogP contribution in [0.4, 0.5) is 0 Å². The normalized spacial score (nSPS) is 15.9. The topological polar surface area (TPSA) is 53.8 Å². The summed E-state index contributed by atoms with van der Waals surface area (Å²) >= 11 is 1.28. The first kappa shape index (κ1) is 24.0. The van der Waals surface area contributed by atoms with Crippen molar-refractivity contribution in [3.8, 4) is 11.1 Å². The van der Waals surface area contributed by atoms with Crippen LogP contribution in [0.2, 0.25) is 0 Å². The maximum atomic E-state index is 12.9. The van der Waals surface area contributed by atoms with Crippen molar-refractivity contribution >= 4 is 44.7 Å². The summed E-state index contributed by atoms with van der Waals surface area (Å²) in [6.07, 6.45) is 0.808. The molecule has 4 aromatic rings. The molecule has 33 heavy (non-hydrogen) atoms. The number of hydrogen-bond acceptors (Lipinski definition) is 5. The first-order chi connectivity index (χ1) is 15.5. The van der Waals surface area contributed by atoms with Gasteiger partial charge in [0.2, 0.25) is 0 Å². The maximum absolute atomic E-state index is 12.9. The van der Waals surface area contributed by atoms with Gasteiger partial charge in [0.05, 0.1) is 6.54 Å². The lowest BCUT2D eigenvalue weighted by molar-refractivity contribution is 0.258. The minimum absolute atomic E-state index is 0. The third-order valence-corrected chi connectivity index (χ3v) is 9.24. The monoisotopic (exact) mass is 502 g/mol. The molecule has 0 amide bonds. The van der Waals surface area contributed by atoms with Crippen molar-refractivity contribution in [2.75, 3.05) is 26.2 Å². The van der Waals surface area contributed by atoms with Crippen molar-refractivity contribution in [1.82, 2.24) is 9.21 Å². The summed E-state index contributed by atoms with van der Waals surface area (Å²) in [4.78, 5) is 2.28. The Kier molecular flexibility index (Phi) is 7.26. The van der Waals surface area contributed by atoms with Crippen molar-refractivity contribution in [2.45, 2.75) is 24.1 Å². The molecule has 0 unspecified atom stereocenters. The number of nitrogens with zero attached hydrogens (tertiary/aromatic N) is 2. The molecule has 1 aliphatic heterocycles. The van der Waals surface area contributed by atoms with Gasteiger partial charge in [-0.15, -0.1) is 23.7 Å². The first-order valence-corrected chi connectivity index (χ1v) is 13.2. The van der Waals surface area contributed by atoms with Crippen molar-refractivity contribution < 1.29 is 12.8 Å². The van der Waals surface area contributed by atoms with E-state index in [0.717, 1.165) is 29.7 Å². The number of fused-ring (bicyclic) bond motifs is 1. The number of sulfonamides is 1. The predicted molar refractivity (Wildman–Crippen MR) is 137 cm³/mol. The second kappa shape index (κ2) is 9.99. The van der Waals surface area contributed by atoms with Crippen LogP contribution in [-0.2, 0) is 16.6 Å². The Hall–Kier alpha value is -2.16. The second-order valence-corrected chi connectivity index (χ2v) is 11.4. The molecule has 2 aromatic heterocycles. The van der Waals surface area contributed by atoms with E-state index in [0.29, 0.717) is 30.4 Å². The highest BCUT2D eigenvalue weighted by molar-refractivity contribution is 7.91. The summed E-state index contributed by atoms with van der Waals surface area (Å²) in [5, 5.41) is 2.90. The average Bonchev–Trinajstić information content (AvgIpc) is 3.40. The quantitative estimate of drug-likeness (QED) is 0.346. The number of thiophene rings is 1. The molecule has 5 rings (SSSR count). The van der Waals surface area contributed by atoms with Crippen LogP contribution in [0.5, 0.6) is 0 Å². The number of halogens is 1. The van der Waals surface area contributed by atoms with Gasteiger partial charge < -0.3 is 4.42 Å². The van der Waals surface area contributed by atoms with Crippen LogP contribution in [0.1, 0.15) is 17.7 Å². The molecule has 174 valence electrons. The molecule has 1 fully saturated rings. The third kappa shape index (κ3) is 5.18. The van der Waals surface area contributed by atoms with Gasteiger partial charge in [-0.25, -0.2) is 8.42 Å². The highest BCUT2D eigenvalue weighted by Crippen LogP contribution is 2.28. The van der Waals surface area contributed by atoms with Crippen LogP contribution in [0.15, 0.2) is 74.7 Å². The Balaban J connectivity index is 0.00000259. The molecule has 5 nitrogen and oxygen atoms in total. The van der Waals surface area contributed by atoms with Crippen molar-refractivity contribution in [3.63, 3.8) is 0 Å². The van der Waals surface area contributed by atoms with E-state index in [1.807, 2.05) is 11.4 Å². The molecule has 1 saturated heterocycles. The van der Waals surface area contributed by atoms with Crippen LogP contribution in [0, 0.1) is 6.92 Å². The van der Waals surface area contributed by atoms with E-state index in [2.05, 4.69) is 54.3 Å². The van der Waals surface area contributed by atoms with Gasteiger partial charge in [-0.1, -0.05) is 42.0 Å². The lowest BCUT2D eigenvalue weighted by atomic mass is 10.0. The summed E-state index contributed by atoms with van der Waals surface area (Å²) in [7, 11) is -3.39. The van der Waals surface area contributed by atoms with E-state index in [9.17, 15) is 8.42 Å². The molecule has 2 aromatic carbocycles. The molecule has 3 heterocycles. The zero-order chi connectivity index (χ0) is 22.1. The predicted octanol–water partition coefficient (Wildman–Crippen LogP) is 5.79. The fourth-order valence-electron chi connectivity index (χ4n) is 4.21. The summed E-state index contributed by atoms with van der Waals surface area (Å²) in [5.41, 5.74) is 4.50. The molecule has 1 aliphatic rings. The van der Waals surface area contributed by atoms with Crippen LogP contribution in [-0.4, -0.2) is 43.8 Å². The molecule has 0 bridgehead atoms. The standard InChI is InChI=1S/C25H26N2O3S2.ClH/c1-19-5-7-20(8-6-19)21-9-10-24-22(16-21)17-23(30-24)18-26-11-3-12-27(14-13-26)32(28,29)25-4-2-15-31-25;/h2,4-10,15-17H,3,11-14,18H2,1H3;1H. The fraction of sp³-hybridized carbons (Fsp3) is 0.280. The first-order valence-electron chi connectivity index (χ1n) is 10.8. The van der Waals surface area contributed by atoms with E-state index in [4.69, 9.17) is 4.42 Å². The molecular formula is C25H27ClN2O3S2. The third-order valence-electron chi connectivity index (χ3n) is 5.97. The number of rotatable bonds is 5. The summed E-state index contributed by atoms with van der Waals surface area (Å²) in [6, 6.07) is 20.4. The zero-order valence-electron chi connectivity index (χ0n) is 18.4. The molecule has 0 atom stereocenters. The molecule has 0 spiro atoms. The molecule has 0 radical (unpaired) electrons. The maximum Gasteiger partial charge on any atom is 0.252 e. The van der Waals surface area contributed by atoms with Crippen LogP contribution in [0.25, 0.3) is 22.1 Å². The van der Waals surface area contributed by atoms with Crippen LogP contribution < -0.4 is 0 Å². The lowest BCUT2D eigenvalue weighted by Crippen LogP contribution is -2.34. The summed E-state index contributed by atoms with van der Waals surface area (Å²) in [6.45, 7) is 5.36. The van der Waals surface area contributed by atoms with Crippen molar-refractivity contribution in [1.29, 1.82) is 0 Å². The van der Waals surface area contributed by atoms with E-state index >= 15 is 0 Å². The van der Waals surface area contributed by atoms with Gasteiger partial charge in [-0.05, 0) is 60.7 Å². The second-order valence-electron chi connectivity index (χ2n) is 8.30. The van der Waals surface area contributed by atoms with E-state index in [1.54, 1.807) is 16.4 Å². The number of benzene rings is 2. The summed E-state index contributed by atoms with van der Waals surface area (Å²) < 4.78 is 33.8. The van der Waals surface area contributed by atoms with E-state index in [-0.39, 0.29) is 12.4 Å². The number of furan rings is 1. The average molecular weight is 503 g/mol. The van der Waals surface area contributed by atoms with Crippen molar-refractivity contribution in [3.05, 3.63) is 77.4 Å². The highest BCUT2D eigenvalue weighted by Gasteiger charge is 2.27. The minimum Gasteiger partial charge on any atom is -0.460 e.